The molecule has 2 heterocycles. The van der Waals surface area contributed by atoms with Gasteiger partial charge in [-0.3, -0.25) is 4.79 Å². The Bertz CT molecular complexity index is 1370. The standard InChI is InChI=1S/C26H23ClN2O3S2/c1-31-17-11-12-21(32-2)19(13-17)20(30)14-33-25-23-18-5-3-4-6-22(18)34-26(23)29-24(28-25)15-7-9-16(27)10-8-15/h7-13H,3-6,14H2,1-2H3. The van der Waals surface area contributed by atoms with Gasteiger partial charge in [0.1, 0.15) is 21.4 Å². The number of ether oxygens (including phenoxy) is 2. The topological polar surface area (TPSA) is 61.3 Å². The number of thioether (sulfide) groups is 1. The third kappa shape index (κ3) is 4.52. The number of methoxy groups -OCH3 is 2. The average molecular weight is 511 g/mol. The van der Waals surface area contributed by atoms with Crippen LogP contribution < -0.4 is 9.47 Å². The van der Waals surface area contributed by atoms with Gasteiger partial charge in [-0.2, -0.15) is 0 Å². The highest BCUT2D eigenvalue weighted by atomic mass is 35.5. The number of benzene rings is 2. The Kier molecular flexibility index (Phi) is 6.77. The summed E-state index contributed by atoms with van der Waals surface area (Å²) in [5.41, 5.74) is 2.76. The van der Waals surface area contributed by atoms with Crippen LogP contribution in [0.4, 0.5) is 0 Å². The van der Waals surface area contributed by atoms with Gasteiger partial charge in [-0.05, 0) is 73.7 Å². The number of hydrogen-bond acceptors (Lipinski definition) is 7. The molecule has 34 heavy (non-hydrogen) atoms. The van der Waals surface area contributed by atoms with E-state index in [1.165, 1.54) is 35.0 Å². The molecule has 0 saturated heterocycles. The minimum absolute atomic E-state index is 0.0374. The first-order valence-corrected chi connectivity index (χ1v) is 13.2. The summed E-state index contributed by atoms with van der Waals surface area (Å²) < 4.78 is 10.7. The molecule has 8 heteroatoms. The minimum Gasteiger partial charge on any atom is -0.497 e. The van der Waals surface area contributed by atoms with Gasteiger partial charge in [0.25, 0.3) is 0 Å². The van der Waals surface area contributed by atoms with Gasteiger partial charge in [0.2, 0.25) is 0 Å². The van der Waals surface area contributed by atoms with Crippen LogP contribution in [0.1, 0.15) is 33.6 Å². The lowest BCUT2D eigenvalue weighted by molar-refractivity contribution is 0.101. The van der Waals surface area contributed by atoms with Gasteiger partial charge in [0.15, 0.2) is 11.6 Å². The second-order valence-corrected chi connectivity index (χ2v) is 10.5. The number of aryl methyl sites for hydroxylation is 2. The number of nitrogens with zero attached hydrogens (tertiary/aromatic N) is 2. The van der Waals surface area contributed by atoms with E-state index in [1.54, 1.807) is 43.8 Å². The summed E-state index contributed by atoms with van der Waals surface area (Å²) in [6, 6.07) is 12.8. The quantitative estimate of drug-likeness (QED) is 0.153. The molecule has 1 aliphatic rings. The number of carbonyl (C=O) groups excluding carboxylic acids is 1. The highest BCUT2D eigenvalue weighted by Crippen LogP contribution is 2.41. The van der Waals surface area contributed by atoms with Gasteiger partial charge in [-0.25, -0.2) is 9.97 Å². The van der Waals surface area contributed by atoms with Gasteiger partial charge in [0.05, 0.1) is 25.5 Å². The summed E-state index contributed by atoms with van der Waals surface area (Å²) >= 11 is 9.30. The Morgan fingerprint density at radius 3 is 2.62 bits per heavy atom. The zero-order chi connectivity index (χ0) is 23.7. The van der Waals surface area contributed by atoms with Crippen LogP contribution in [-0.2, 0) is 12.8 Å². The van der Waals surface area contributed by atoms with Gasteiger partial charge in [-0.15, -0.1) is 11.3 Å². The third-order valence-electron chi connectivity index (χ3n) is 5.93. The normalized spacial score (nSPS) is 13.0. The zero-order valence-electron chi connectivity index (χ0n) is 18.9. The maximum atomic E-state index is 13.2. The molecule has 0 radical (unpaired) electrons. The SMILES string of the molecule is COc1ccc(OC)c(C(=O)CSc2nc(-c3ccc(Cl)cc3)nc3sc4c(c23)CCCC4)c1. The molecule has 0 fully saturated rings. The van der Waals surface area contributed by atoms with E-state index in [0.29, 0.717) is 27.9 Å². The van der Waals surface area contributed by atoms with E-state index in [0.717, 1.165) is 33.6 Å². The molecule has 5 rings (SSSR count). The molecular formula is C26H23ClN2O3S2. The number of thiophene rings is 1. The molecule has 0 spiro atoms. The summed E-state index contributed by atoms with van der Waals surface area (Å²) in [5.74, 6) is 2.01. The number of hydrogen-bond donors (Lipinski definition) is 0. The van der Waals surface area contributed by atoms with Gasteiger partial charge < -0.3 is 9.47 Å². The Hall–Kier alpha value is -2.61. The van der Waals surface area contributed by atoms with Crippen molar-refractivity contribution < 1.29 is 14.3 Å². The minimum atomic E-state index is -0.0374. The smallest absolute Gasteiger partial charge is 0.176 e. The van der Waals surface area contributed by atoms with Crippen LogP contribution in [0, 0.1) is 0 Å². The van der Waals surface area contributed by atoms with E-state index in [-0.39, 0.29) is 11.5 Å². The van der Waals surface area contributed by atoms with Crippen LogP contribution in [0.5, 0.6) is 11.5 Å². The average Bonchev–Trinajstić information content (AvgIpc) is 3.25. The lowest BCUT2D eigenvalue weighted by Crippen LogP contribution is -2.06. The first-order chi connectivity index (χ1) is 16.6. The van der Waals surface area contributed by atoms with Gasteiger partial charge >= 0.3 is 0 Å². The first kappa shape index (κ1) is 23.1. The fourth-order valence-electron chi connectivity index (χ4n) is 4.20. The summed E-state index contributed by atoms with van der Waals surface area (Å²) in [7, 11) is 3.15. The molecule has 0 aliphatic heterocycles. The lowest BCUT2D eigenvalue weighted by Gasteiger charge is -2.13. The van der Waals surface area contributed by atoms with E-state index in [4.69, 9.17) is 31.0 Å². The molecule has 2 aromatic heterocycles. The molecule has 0 amide bonds. The highest BCUT2D eigenvalue weighted by molar-refractivity contribution is 8.00. The molecule has 0 N–H and O–H groups in total. The van der Waals surface area contributed by atoms with Gasteiger partial charge in [0, 0.05) is 20.8 Å². The number of carbonyl (C=O) groups is 1. The number of ketones is 1. The molecule has 0 bridgehead atoms. The van der Waals surface area contributed by atoms with E-state index in [2.05, 4.69) is 0 Å². The van der Waals surface area contributed by atoms with Crippen LogP contribution in [0.3, 0.4) is 0 Å². The molecule has 0 atom stereocenters. The van der Waals surface area contributed by atoms with E-state index in [1.807, 2.05) is 24.3 Å². The summed E-state index contributed by atoms with van der Waals surface area (Å²) in [6.45, 7) is 0. The number of aromatic nitrogens is 2. The molecule has 5 nitrogen and oxygen atoms in total. The van der Waals surface area contributed by atoms with Crippen molar-refractivity contribution in [1.29, 1.82) is 0 Å². The van der Waals surface area contributed by atoms with Crippen molar-refractivity contribution in [2.75, 3.05) is 20.0 Å². The largest absolute Gasteiger partial charge is 0.497 e. The van der Waals surface area contributed by atoms with Crippen molar-refractivity contribution in [3.8, 4) is 22.9 Å². The maximum Gasteiger partial charge on any atom is 0.176 e. The summed E-state index contributed by atoms with van der Waals surface area (Å²) in [5, 5.41) is 2.63. The van der Waals surface area contributed by atoms with E-state index in [9.17, 15) is 4.79 Å². The Morgan fingerprint density at radius 1 is 1.06 bits per heavy atom. The molecule has 0 unspecified atom stereocenters. The predicted molar refractivity (Wildman–Crippen MR) is 139 cm³/mol. The van der Waals surface area contributed by atoms with Crippen molar-refractivity contribution in [1.82, 2.24) is 9.97 Å². The zero-order valence-corrected chi connectivity index (χ0v) is 21.3. The van der Waals surface area contributed by atoms with Crippen molar-refractivity contribution >= 4 is 50.7 Å². The monoisotopic (exact) mass is 510 g/mol. The van der Waals surface area contributed by atoms with Crippen molar-refractivity contribution in [3.63, 3.8) is 0 Å². The fraction of sp³-hybridized carbons (Fsp3) is 0.269. The summed E-state index contributed by atoms with van der Waals surface area (Å²) in [6.07, 6.45) is 4.48. The predicted octanol–water partition coefficient (Wildman–Crippen LogP) is 6.88. The van der Waals surface area contributed by atoms with E-state index >= 15 is 0 Å². The second kappa shape index (κ2) is 9.94. The molecular weight excluding hydrogens is 488 g/mol. The number of Topliss-reactive ketones (excluding diaryl/α,β-unsaturated/α-hetero) is 1. The number of rotatable bonds is 7. The third-order valence-corrected chi connectivity index (χ3v) is 8.34. The van der Waals surface area contributed by atoms with E-state index < -0.39 is 0 Å². The number of halogens is 1. The molecule has 4 aromatic rings. The maximum absolute atomic E-state index is 13.2. The molecule has 1 aliphatic carbocycles. The van der Waals surface area contributed by atoms with Crippen molar-refractivity contribution in [2.24, 2.45) is 0 Å². The van der Waals surface area contributed by atoms with Crippen LogP contribution in [-0.4, -0.2) is 35.7 Å². The Morgan fingerprint density at radius 2 is 1.85 bits per heavy atom. The van der Waals surface area contributed by atoms with Crippen LogP contribution in [0.15, 0.2) is 47.5 Å². The molecule has 0 saturated carbocycles. The van der Waals surface area contributed by atoms with Gasteiger partial charge in [-0.1, -0.05) is 23.4 Å². The van der Waals surface area contributed by atoms with Crippen molar-refractivity contribution in [2.45, 2.75) is 30.7 Å². The Labute approximate surface area is 211 Å². The fourth-order valence-corrected chi connectivity index (χ4v) is 6.59. The lowest BCUT2D eigenvalue weighted by atomic mass is 9.97. The second-order valence-electron chi connectivity index (χ2n) is 8.03. The van der Waals surface area contributed by atoms with Crippen LogP contribution >= 0.6 is 34.7 Å². The molecule has 2 aromatic carbocycles. The first-order valence-electron chi connectivity index (χ1n) is 11.0. The van der Waals surface area contributed by atoms with Crippen molar-refractivity contribution in [3.05, 3.63) is 63.5 Å². The number of fused-ring (bicyclic) bond motifs is 3. The Balaban J connectivity index is 1.53. The van der Waals surface area contributed by atoms with Crippen LogP contribution in [0.25, 0.3) is 21.6 Å². The molecule has 174 valence electrons. The summed E-state index contributed by atoms with van der Waals surface area (Å²) in [4.78, 5) is 25.4. The van der Waals surface area contributed by atoms with Crippen LogP contribution in [0.2, 0.25) is 5.02 Å². The highest BCUT2D eigenvalue weighted by Gasteiger charge is 2.23.